The zero-order valence-electron chi connectivity index (χ0n) is 10.6. The van der Waals surface area contributed by atoms with E-state index in [1.807, 2.05) is 48.0 Å². The predicted octanol–water partition coefficient (Wildman–Crippen LogP) is 3.38. The minimum atomic E-state index is -0.658. The van der Waals surface area contributed by atoms with Gasteiger partial charge in [0.1, 0.15) is 5.92 Å². The number of anilines is 1. The Morgan fingerprint density at radius 2 is 2.21 bits per heavy atom. The molecule has 1 aromatic heterocycles. The number of benzene rings is 1. The largest absolute Gasteiger partial charge is 0.325 e. The summed E-state index contributed by atoms with van der Waals surface area (Å²) in [5, 5.41) is 15.9. The highest BCUT2D eigenvalue weighted by Gasteiger charge is 2.19. The molecule has 0 bridgehead atoms. The van der Waals surface area contributed by atoms with Gasteiger partial charge in [-0.3, -0.25) is 4.79 Å². The van der Waals surface area contributed by atoms with Gasteiger partial charge in [0.25, 0.3) is 0 Å². The van der Waals surface area contributed by atoms with Crippen molar-refractivity contribution in [3.05, 3.63) is 52.2 Å². The summed E-state index contributed by atoms with van der Waals surface area (Å²) >= 11 is 1.57. The number of nitriles is 1. The molecule has 1 atom stereocenters. The molecule has 0 saturated carbocycles. The minimum Gasteiger partial charge on any atom is -0.325 e. The van der Waals surface area contributed by atoms with E-state index in [4.69, 9.17) is 5.26 Å². The van der Waals surface area contributed by atoms with E-state index in [1.165, 1.54) is 0 Å². The quantitative estimate of drug-likeness (QED) is 0.926. The number of amides is 1. The van der Waals surface area contributed by atoms with Crippen molar-refractivity contribution in [2.45, 2.75) is 13.3 Å². The maximum Gasteiger partial charge on any atom is 0.242 e. The van der Waals surface area contributed by atoms with E-state index in [2.05, 4.69) is 11.4 Å². The molecule has 1 aromatic carbocycles. The fourth-order valence-corrected chi connectivity index (χ4v) is 2.46. The molecule has 0 aliphatic heterocycles. The van der Waals surface area contributed by atoms with Crippen molar-refractivity contribution in [1.82, 2.24) is 0 Å². The summed E-state index contributed by atoms with van der Waals surface area (Å²) in [6, 6.07) is 11.6. The van der Waals surface area contributed by atoms with Crippen LogP contribution in [0.3, 0.4) is 0 Å². The highest BCUT2D eigenvalue weighted by Crippen LogP contribution is 2.17. The molecule has 1 amide bonds. The lowest BCUT2D eigenvalue weighted by Gasteiger charge is -2.11. The van der Waals surface area contributed by atoms with Gasteiger partial charge in [0.2, 0.25) is 5.91 Å². The van der Waals surface area contributed by atoms with Crippen LogP contribution in [0.2, 0.25) is 0 Å². The summed E-state index contributed by atoms with van der Waals surface area (Å²) in [5.74, 6) is -0.905. The molecule has 4 heteroatoms. The monoisotopic (exact) mass is 270 g/mol. The summed E-state index contributed by atoms with van der Waals surface area (Å²) in [4.78, 5) is 12.1. The third-order valence-electron chi connectivity index (χ3n) is 2.90. The average molecular weight is 270 g/mol. The molecule has 96 valence electrons. The van der Waals surface area contributed by atoms with Crippen LogP contribution >= 0.6 is 11.3 Å². The zero-order chi connectivity index (χ0) is 13.7. The normalized spacial score (nSPS) is 11.6. The van der Waals surface area contributed by atoms with Crippen LogP contribution in [0.25, 0.3) is 0 Å². The lowest BCUT2D eigenvalue weighted by molar-refractivity contribution is -0.118. The third-order valence-corrected chi connectivity index (χ3v) is 3.63. The summed E-state index contributed by atoms with van der Waals surface area (Å²) in [5.41, 5.74) is 2.78. The first-order valence-corrected chi connectivity index (χ1v) is 6.92. The van der Waals surface area contributed by atoms with Crippen LogP contribution in [0.15, 0.2) is 41.1 Å². The van der Waals surface area contributed by atoms with Crippen molar-refractivity contribution < 1.29 is 4.79 Å². The topological polar surface area (TPSA) is 52.9 Å². The van der Waals surface area contributed by atoms with Gasteiger partial charge in [0, 0.05) is 5.69 Å². The van der Waals surface area contributed by atoms with Gasteiger partial charge in [-0.2, -0.15) is 16.6 Å². The van der Waals surface area contributed by atoms with E-state index in [9.17, 15) is 4.79 Å². The second kappa shape index (κ2) is 6.17. The number of rotatable bonds is 4. The smallest absolute Gasteiger partial charge is 0.242 e. The fourth-order valence-electron chi connectivity index (χ4n) is 1.77. The van der Waals surface area contributed by atoms with Crippen molar-refractivity contribution in [3.63, 3.8) is 0 Å². The molecule has 0 aliphatic carbocycles. The Labute approximate surface area is 116 Å². The van der Waals surface area contributed by atoms with E-state index in [-0.39, 0.29) is 5.91 Å². The van der Waals surface area contributed by atoms with Gasteiger partial charge >= 0.3 is 0 Å². The second-order valence-electron chi connectivity index (χ2n) is 4.32. The Hall–Kier alpha value is -2.12. The molecule has 0 aliphatic rings. The Balaban J connectivity index is 2.06. The summed E-state index contributed by atoms with van der Waals surface area (Å²) in [7, 11) is 0. The van der Waals surface area contributed by atoms with Crippen LogP contribution in [-0.2, 0) is 11.2 Å². The van der Waals surface area contributed by atoms with Crippen LogP contribution in [0.5, 0.6) is 0 Å². The average Bonchev–Trinajstić information content (AvgIpc) is 2.91. The number of para-hydroxylation sites is 1. The molecule has 0 spiro atoms. The van der Waals surface area contributed by atoms with E-state index >= 15 is 0 Å². The Kier molecular flexibility index (Phi) is 4.32. The van der Waals surface area contributed by atoms with Crippen molar-refractivity contribution in [2.75, 3.05) is 5.32 Å². The number of nitrogens with one attached hydrogen (secondary N) is 1. The van der Waals surface area contributed by atoms with Crippen LogP contribution < -0.4 is 5.32 Å². The van der Waals surface area contributed by atoms with Crippen molar-refractivity contribution in [2.24, 2.45) is 5.92 Å². The first kappa shape index (κ1) is 13.3. The van der Waals surface area contributed by atoms with Gasteiger partial charge in [-0.25, -0.2) is 0 Å². The fraction of sp³-hybridized carbons (Fsp3) is 0.200. The van der Waals surface area contributed by atoms with Gasteiger partial charge in [0.15, 0.2) is 0 Å². The molecule has 0 saturated heterocycles. The van der Waals surface area contributed by atoms with Gasteiger partial charge < -0.3 is 5.32 Å². The van der Waals surface area contributed by atoms with Gasteiger partial charge in [0.05, 0.1) is 6.07 Å². The first-order valence-electron chi connectivity index (χ1n) is 5.98. The number of hydrogen-bond donors (Lipinski definition) is 1. The second-order valence-corrected chi connectivity index (χ2v) is 5.10. The Morgan fingerprint density at radius 3 is 2.84 bits per heavy atom. The molecule has 19 heavy (non-hydrogen) atoms. The molecule has 1 heterocycles. The highest BCUT2D eigenvalue weighted by atomic mass is 32.1. The third kappa shape index (κ3) is 3.43. The van der Waals surface area contributed by atoms with E-state index in [0.29, 0.717) is 6.42 Å². The van der Waals surface area contributed by atoms with Crippen molar-refractivity contribution >= 4 is 22.9 Å². The minimum absolute atomic E-state index is 0.247. The van der Waals surface area contributed by atoms with Crippen LogP contribution in [0, 0.1) is 24.2 Å². The number of nitrogens with zero attached hydrogens (tertiary/aromatic N) is 1. The van der Waals surface area contributed by atoms with Crippen LogP contribution in [0.4, 0.5) is 5.69 Å². The molecule has 1 N–H and O–H groups in total. The van der Waals surface area contributed by atoms with E-state index in [1.54, 1.807) is 11.3 Å². The molecule has 0 radical (unpaired) electrons. The maximum atomic E-state index is 12.1. The van der Waals surface area contributed by atoms with Gasteiger partial charge in [-0.15, -0.1) is 0 Å². The van der Waals surface area contributed by atoms with E-state index < -0.39 is 5.92 Å². The molecule has 0 fully saturated rings. The first-order chi connectivity index (χ1) is 9.20. The molecule has 3 nitrogen and oxygen atoms in total. The molecule has 1 unspecified atom stereocenters. The molecular weight excluding hydrogens is 256 g/mol. The van der Waals surface area contributed by atoms with E-state index in [0.717, 1.165) is 16.8 Å². The number of carbonyl (C=O) groups excluding carboxylic acids is 1. The highest BCUT2D eigenvalue weighted by molar-refractivity contribution is 7.07. The summed E-state index contributed by atoms with van der Waals surface area (Å²) in [6.07, 6.45) is 0.456. The number of aryl methyl sites for hydroxylation is 1. The number of carbonyl (C=O) groups is 1. The van der Waals surface area contributed by atoms with Crippen molar-refractivity contribution in [3.8, 4) is 6.07 Å². The van der Waals surface area contributed by atoms with Crippen LogP contribution in [0.1, 0.15) is 11.1 Å². The number of thiophene rings is 1. The van der Waals surface area contributed by atoms with Crippen LogP contribution in [-0.4, -0.2) is 5.91 Å². The van der Waals surface area contributed by atoms with Gasteiger partial charge in [-0.1, -0.05) is 18.2 Å². The zero-order valence-corrected chi connectivity index (χ0v) is 11.4. The standard InChI is InChI=1S/C15H14N2OS/c1-11-4-2-3-5-14(11)17-15(18)13(9-16)8-12-6-7-19-10-12/h2-7,10,13H,8H2,1H3,(H,17,18). The predicted molar refractivity (Wildman–Crippen MR) is 76.9 cm³/mol. The number of hydrogen-bond acceptors (Lipinski definition) is 3. The SMILES string of the molecule is Cc1ccccc1NC(=O)C(C#N)Cc1ccsc1. The molecular formula is C15H14N2OS. The summed E-state index contributed by atoms with van der Waals surface area (Å²) < 4.78 is 0. The van der Waals surface area contributed by atoms with Gasteiger partial charge in [-0.05, 0) is 47.4 Å². The summed E-state index contributed by atoms with van der Waals surface area (Å²) in [6.45, 7) is 1.93. The molecule has 2 rings (SSSR count). The Bertz CT molecular complexity index is 599. The Morgan fingerprint density at radius 1 is 1.42 bits per heavy atom. The lowest BCUT2D eigenvalue weighted by Crippen LogP contribution is -2.23. The van der Waals surface area contributed by atoms with Crippen molar-refractivity contribution in [1.29, 1.82) is 5.26 Å². The lowest BCUT2D eigenvalue weighted by atomic mass is 10.0. The molecule has 2 aromatic rings. The maximum absolute atomic E-state index is 12.1.